The maximum atomic E-state index is 15.8. The number of halogens is 2. The Labute approximate surface area is 267 Å². The summed E-state index contributed by atoms with van der Waals surface area (Å²) in [7, 11) is 1.81. The number of nitrogens with one attached hydrogen (secondary N) is 1. The normalized spacial score (nSPS) is 19.2. The Hall–Kier alpha value is -4.09. The van der Waals surface area contributed by atoms with Crippen LogP contribution in [-0.4, -0.2) is 69.4 Å². The second-order valence-corrected chi connectivity index (χ2v) is 11.5. The fourth-order valence-corrected chi connectivity index (χ4v) is 6.80. The summed E-state index contributed by atoms with van der Waals surface area (Å²) in [5.74, 6) is -0.943. The summed E-state index contributed by atoms with van der Waals surface area (Å²) in [6, 6.07) is 8.99. The summed E-state index contributed by atoms with van der Waals surface area (Å²) >= 11 is 6.27. The first kappa shape index (κ1) is 32.3. The third kappa shape index (κ3) is 5.98. The summed E-state index contributed by atoms with van der Waals surface area (Å²) in [5.41, 5.74) is 2.44. The SMILES string of the molecule is C=N/C=C(\N=CC)C1CCN(c2nc3c(cc2F)c(=O)c(C(=O)NCCC2CCCN2Cl)c2n(C)c4ccccc4n32)C1.CC. The van der Waals surface area contributed by atoms with Crippen LogP contribution in [0.4, 0.5) is 10.2 Å². The summed E-state index contributed by atoms with van der Waals surface area (Å²) in [4.78, 5) is 42.6. The van der Waals surface area contributed by atoms with Gasteiger partial charge >= 0.3 is 0 Å². The molecule has 3 aromatic heterocycles. The molecule has 6 rings (SSSR count). The molecular formula is C33H40ClFN8O2. The van der Waals surface area contributed by atoms with Crippen molar-refractivity contribution in [2.45, 2.75) is 52.5 Å². The highest BCUT2D eigenvalue weighted by molar-refractivity contribution is 6.13. The van der Waals surface area contributed by atoms with E-state index in [9.17, 15) is 9.59 Å². The highest BCUT2D eigenvalue weighted by Crippen LogP contribution is 2.32. The monoisotopic (exact) mass is 634 g/mol. The molecule has 1 N–H and O–H groups in total. The van der Waals surface area contributed by atoms with Crippen LogP contribution in [0.15, 0.2) is 57.0 Å². The number of hydrogen-bond donors (Lipinski definition) is 1. The number of imidazole rings is 1. The summed E-state index contributed by atoms with van der Waals surface area (Å²) in [6.45, 7) is 11.6. The Morgan fingerprint density at radius 2 is 1.98 bits per heavy atom. The van der Waals surface area contributed by atoms with Crippen molar-refractivity contribution in [2.75, 3.05) is 31.1 Å². The zero-order valence-electron chi connectivity index (χ0n) is 26.3. The van der Waals surface area contributed by atoms with Gasteiger partial charge in [0, 0.05) is 57.6 Å². The molecule has 5 heterocycles. The highest BCUT2D eigenvalue weighted by atomic mass is 35.5. The standard InChI is InChI=1S/C31H34ClFN8O2.C2H6/c1-4-35-23(17-34-2)19-12-15-39(18-19)29-22(33)16-21-27(42)26(30(43)36-13-11-20-8-7-14-40(20)32)31-38(3)24-9-5-6-10-25(24)41(31)28(21)37-29;1-2/h4-6,9-10,16-17,19-20H,2,7-8,11-15,18H2,1,3H3,(H,36,43);1-2H3/b23-17-,35-4?;. The maximum Gasteiger partial charge on any atom is 0.259 e. The number of aliphatic imine (C=N–C) groups is 2. The Morgan fingerprint density at radius 3 is 2.67 bits per heavy atom. The second-order valence-electron chi connectivity index (χ2n) is 11.1. The van der Waals surface area contributed by atoms with E-state index in [1.807, 2.05) is 61.6 Å². The molecule has 10 nitrogen and oxygen atoms in total. The van der Waals surface area contributed by atoms with Crippen LogP contribution in [0.5, 0.6) is 0 Å². The van der Waals surface area contributed by atoms with Gasteiger partial charge in [0.05, 0.1) is 22.1 Å². The fraction of sp³-hybridized carbons (Fsp3) is 0.424. The van der Waals surface area contributed by atoms with Crippen molar-refractivity contribution in [3.8, 4) is 0 Å². The van der Waals surface area contributed by atoms with E-state index in [-0.39, 0.29) is 28.7 Å². The third-order valence-corrected chi connectivity index (χ3v) is 9.01. The molecule has 238 valence electrons. The molecule has 0 spiro atoms. The maximum absolute atomic E-state index is 15.8. The lowest BCUT2D eigenvalue weighted by molar-refractivity contribution is 0.0951. The number of fused-ring (bicyclic) bond motifs is 5. The van der Waals surface area contributed by atoms with Crippen LogP contribution >= 0.6 is 11.8 Å². The van der Waals surface area contributed by atoms with Crippen molar-refractivity contribution in [1.82, 2.24) is 23.7 Å². The zero-order valence-corrected chi connectivity index (χ0v) is 27.0. The van der Waals surface area contributed by atoms with E-state index in [0.29, 0.717) is 37.3 Å². The molecule has 2 saturated heterocycles. The number of aromatic nitrogens is 3. The summed E-state index contributed by atoms with van der Waals surface area (Å²) in [6.07, 6.45) is 6.72. The van der Waals surface area contributed by atoms with E-state index in [1.54, 1.807) is 21.2 Å². The van der Waals surface area contributed by atoms with Gasteiger partial charge in [-0.1, -0.05) is 26.0 Å². The lowest BCUT2D eigenvalue weighted by atomic mass is 10.1. The van der Waals surface area contributed by atoms with Crippen LogP contribution in [0.1, 0.15) is 56.8 Å². The average Bonchev–Trinajstić information content (AvgIpc) is 3.77. The molecule has 2 aliphatic heterocycles. The number of pyridine rings is 2. The Kier molecular flexibility index (Phi) is 9.99. The van der Waals surface area contributed by atoms with Gasteiger partial charge in [-0.3, -0.25) is 24.0 Å². The van der Waals surface area contributed by atoms with Crippen molar-refractivity contribution >= 4 is 64.1 Å². The van der Waals surface area contributed by atoms with Crippen LogP contribution in [0.2, 0.25) is 0 Å². The molecule has 45 heavy (non-hydrogen) atoms. The van der Waals surface area contributed by atoms with Gasteiger partial charge in [-0.15, -0.1) is 0 Å². The van der Waals surface area contributed by atoms with E-state index in [1.165, 1.54) is 6.07 Å². The van der Waals surface area contributed by atoms with E-state index in [0.717, 1.165) is 42.5 Å². The van der Waals surface area contributed by atoms with Crippen molar-refractivity contribution in [3.05, 3.63) is 63.8 Å². The van der Waals surface area contributed by atoms with E-state index < -0.39 is 17.2 Å². The molecule has 12 heteroatoms. The number of anilines is 1. The lowest BCUT2D eigenvalue weighted by Gasteiger charge is -2.20. The van der Waals surface area contributed by atoms with Gasteiger partial charge in [-0.05, 0) is 69.3 Å². The van der Waals surface area contributed by atoms with Crippen LogP contribution in [0.25, 0.3) is 27.7 Å². The molecule has 4 aromatic rings. The predicted octanol–water partition coefficient (Wildman–Crippen LogP) is 5.70. The average molecular weight is 635 g/mol. The first-order valence-corrected chi connectivity index (χ1v) is 15.9. The molecule has 1 aromatic carbocycles. The summed E-state index contributed by atoms with van der Waals surface area (Å²) < 4.78 is 21.2. The van der Waals surface area contributed by atoms with Crippen molar-refractivity contribution in [3.63, 3.8) is 0 Å². The highest BCUT2D eigenvalue weighted by Gasteiger charge is 2.31. The van der Waals surface area contributed by atoms with Crippen molar-refractivity contribution < 1.29 is 9.18 Å². The number of carbonyl (C=O) groups is 1. The number of para-hydroxylation sites is 2. The minimum atomic E-state index is -0.619. The number of nitrogens with zero attached hydrogens (tertiary/aromatic N) is 7. The first-order valence-electron chi connectivity index (χ1n) is 15.6. The molecule has 1 amide bonds. The first-order chi connectivity index (χ1) is 21.8. The zero-order chi connectivity index (χ0) is 32.2. The molecule has 2 atom stereocenters. The van der Waals surface area contributed by atoms with Crippen LogP contribution in [-0.2, 0) is 7.05 Å². The molecule has 2 unspecified atom stereocenters. The van der Waals surface area contributed by atoms with Crippen molar-refractivity contribution in [2.24, 2.45) is 23.0 Å². The third-order valence-electron chi connectivity index (χ3n) is 8.56. The summed E-state index contributed by atoms with van der Waals surface area (Å²) in [5, 5.41) is 2.97. The van der Waals surface area contributed by atoms with Crippen LogP contribution in [0, 0.1) is 11.7 Å². The van der Waals surface area contributed by atoms with Gasteiger partial charge in [0.2, 0.25) is 5.43 Å². The molecule has 0 bridgehead atoms. The van der Waals surface area contributed by atoms with E-state index in [2.05, 4.69) is 22.0 Å². The quantitative estimate of drug-likeness (QED) is 0.198. The molecular weight excluding hydrogens is 595 g/mol. The fourth-order valence-electron chi connectivity index (χ4n) is 6.49. The van der Waals surface area contributed by atoms with Gasteiger partial charge in [-0.25, -0.2) is 13.8 Å². The number of carbonyl (C=O) groups excluding carboxylic acids is 1. The molecule has 0 saturated carbocycles. The minimum Gasteiger partial charge on any atom is -0.353 e. The Bertz CT molecular complexity index is 1860. The largest absolute Gasteiger partial charge is 0.353 e. The van der Waals surface area contributed by atoms with Gasteiger partial charge in [0.1, 0.15) is 11.2 Å². The van der Waals surface area contributed by atoms with E-state index >= 15 is 4.39 Å². The molecule has 0 aliphatic carbocycles. The Morgan fingerprint density at radius 1 is 1.22 bits per heavy atom. The van der Waals surface area contributed by atoms with Gasteiger partial charge in [0.15, 0.2) is 17.3 Å². The van der Waals surface area contributed by atoms with Crippen molar-refractivity contribution in [1.29, 1.82) is 0 Å². The predicted molar refractivity (Wildman–Crippen MR) is 181 cm³/mol. The van der Waals surface area contributed by atoms with Gasteiger partial charge in [0.25, 0.3) is 5.91 Å². The second kappa shape index (κ2) is 13.9. The topological polar surface area (TPSA) is 99.6 Å². The minimum absolute atomic E-state index is 0.0279. The van der Waals surface area contributed by atoms with E-state index in [4.69, 9.17) is 16.8 Å². The number of hydrogen-bond acceptors (Lipinski definition) is 7. The number of amides is 1. The molecule has 0 radical (unpaired) electrons. The van der Waals surface area contributed by atoms with Gasteiger partial charge < -0.3 is 14.8 Å². The van der Waals surface area contributed by atoms with Crippen LogP contribution < -0.4 is 15.6 Å². The van der Waals surface area contributed by atoms with Gasteiger partial charge in [-0.2, -0.15) is 0 Å². The number of benzene rings is 1. The Balaban J connectivity index is 0.00000196. The van der Waals surface area contributed by atoms with Crippen LogP contribution in [0.3, 0.4) is 0 Å². The lowest BCUT2D eigenvalue weighted by Crippen LogP contribution is -2.34. The molecule has 2 aliphatic rings. The molecule has 2 fully saturated rings. The smallest absolute Gasteiger partial charge is 0.259 e. The number of rotatable bonds is 8. The number of aryl methyl sites for hydroxylation is 1.